The van der Waals surface area contributed by atoms with E-state index < -0.39 is 7.14 Å². The quantitative estimate of drug-likeness (QED) is 0.229. The average molecular weight is 562 g/mol. The molecule has 1 aliphatic rings. The number of aromatic nitrogens is 5. The van der Waals surface area contributed by atoms with Gasteiger partial charge in [-0.05, 0) is 48.5 Å². The summed E-state index contributed by atoms with van der Waals surface area (Å²) in [4.78, 5) is 15.5. The Kier molecular flexibility index (Phi) is 4.77. The number of para-hydroxylation sites is 4. The smallest absolute Gasteiger partial charge is 0.175 e. The van der Waals surface area contributed by atoms with Gasteiger partial charge < -0.3 is 4.57 Å². The van der Waals surface area contributed by atoms with E-state index in [4.69, 9.17) is 15.0 Å². The lowest BCUT2D eigenvalue weighted by atomic mass is 10.1. The minimum absolute atomic E-state index is 0.728. The van der Waals surface area contributed by atoms with Gasteiger partial charge in [-0.2, -0.15) is 0 Å². The Hall–Kier alpha value is -5.06. The van der Waals surface area contributed by atoms with Gasteiger partial charge in [0.2, 0.25) is 0 Å². The van der Waals surface area contributed by atoms with Crippen molar-refractivity contribution in [3.63, 3.8) is 0 Å². The van der Waals surface area contributed by atoms with Crippen molar-refractivity contribution < 1.29 is 4.57 Å². The van der Waals surface area contributed by atoms with Crippen molar-refractivity contribution in [2.45, 2.75) is 13.3 Å². The van der Waals surface area contributed by atoms with Crippen LogP contribution in [0, 0.1) is 0 Å². The molecular formula is C35H24N5OP. The van der Waals surface area contributed by atoms with E-state index in [1.165, 1.54) is 0 Å². The first-order valence-corrected chi connectivity index (χ1v) is 15.9. The number of benzene rings is 5. The van der Waals surface area contributed by atoms with Gasteiger partial charge in [0.25, 0.3) is 0 Å². The van der Waals surface area contributed by atoms with Crippen molar-refractivity contribution in [3.05, 3.63) is 121 Å². The van der Waals surface area contributed by atoms with Gasteiger partial charge >= 0.3 is 0 Å². The molecular weight excluding hydrogens is 537 g/mol. The van der Waals surface area contributed by atoms with Crippen molar-refractivity contribution in [3.8, 4) is 17.1 Å². The first kappa shape index (κ1) is 23.6. The highest BCUT2D eigenvalue weighted by molar-refractivity contribution is 7.86. The van der Waals surface area contributed by atoms with Crippen molar-refractivity contribution >= 4 is 61.7 Å². The highest BCUT2D eigenvalue weighted by Gasteiger charge is 2.40. The first-order chi connectivity index (χ1) is 20.7. The molecule has 0 radical (unpaired) electrons. The minimum atomic E-state index is -3.19. The SMILES string of the molecule is CCc1nc2c(-c3nc4ccccc4c4nc5ccccc5n34)ccc3c2n1-c1ccccc1P3(=O)c1ccccc1. The fourth-order valence-electron chi connectivity index (χ4n) is 6.63. The summed E-state index contributed by atoms with van der Waals surface area (Å²) in [6.45, 7) is 2.12. The van der Waals surface area contributed by atoms with Gasteiger partial charge in [0, 0.05) is 33.3 Å². The number of aryl methyl sites for hydroxylation is 1. The molecule has 5 aromatic carbocycles. The highest BCUT2D eigenvalue weighted by atomic mass is 31.2. The molecule has 3 aromatic heterocycles. The molecule has 9 rings (SSSR count). The first-order valence-electron chi connectivity index (χ1n) is 14.2. The summed E-state index contributed by atoms with van der Waals surface area (Å²) in [5.41, 5.74) is 7.14. The maximum absolute atomic E-state index is 15.5. The molecule has 0 saturated carbocycles. The summed E-state index contributed by atoms with van der Waals surface area (Å²) in [6.07, 6.45) is 0.728. The number of hydrogen-bond donors (Lipinski definition) is 0. The normalized spacial score (nSPS) is 16.0. The lowest BCUT2D eigenvalue weighted by Crippen LogP contribution is -2.33. The third kappa shape index (κ3) is 2.94. The molecule has 0 bridgehead atoms. The molecule has 4 heterocycles. The van der Waals surface area contributed by atoms with Gasteiger partial charge in [0.1, 0.15) is 22.8 Å². The van der Waals surface area contributed by atoms with Crippen molar-refractivity contribution in [1.82, 2.24) is 23.9 Å². The maximum Gasteiger partial charge on any atom is 0.175 e. The zero-order valence-corrected chi connectivity index (χ0v) is 23.7. The average Bonchev–Trinajstić information content (AvgIpc) is 3.64. The lowest BCUT2D eigenvalue weighted by Gasteiger charge is -2.29. The van der Waals surface area contributed by atoms with Gasteiger partial charge in [-0.25, -0.2) is 15.0 Å². The third-order valence-corrected chi connectivity index (χ3v) is 11.6. The topological polar surface area (TPSA) is 65.1 Å². The Labute approximate surface area is 241 Å². The van der Waals surface area contributed by atoms with E-state index >= 15 is 4.57 Å². The van der Waals surface area contributed by atoms with Crippen LogP contribution in [0.25, 0.3) is 55.7 Å². The number of nitrogens with zero attached hydrogens (tertiary/aromatic N) is 5. The summed E-state index contributed by atoms with van der Waals surface area (Å²) in [5.74, 6) is 1.70. The molecule has 0 N–H and O–H groups in total. The molecule has 200 valence electrons. The van der Waals surface area contributed by atoms with Crippen LogP contribution in [0.3, 0.4) is 0 Å². The van der Waals surface area contributed by atoms with E-state index in [2.05, 4.69) is 40.2 Å². The second kappa shape index (κ2) is 8.48. The fraction of sp³-hybridized carbons (Fsp3) is 0.0571. The number of fused-ring (bicyclic) bond motifs is 7. The van der Waals surface area contributed by atoms with Crippen LogP contribution in [0.5, 0.6) is 0 Å². The molecule has 6 nitrogen and oxygen atoms in total. The van der Waals surface area contributed by atoms with Crippen LogP contribution in [-0.4, -0.2) is 23.9 Å². The van der Waals surface area contributed by atoms with E-state index in [0.717, 1.165) is 83.9 Å². The minimum Gasteiger partial charge on any atom is -0.308 e. The molecule has 0 spiro atoms. The Bertz CT molecular complexity index is 2440. The summed E-state index contributed by atoms with van der Waals surface area (Å²) in [6, 6.07) is 38.3. The van der Waals surface area contributed by atoms with Crippen molar-refractivity contribution in [2.24, 2.45) is 0 Å². The molecule has 1 aliphatic heterocycles. The van der Waals surface area contributed by atoms with Gasteiger partial charge in [-0.15, -0.1) is 0 Å². The third-order valence-electron chi connectivity index (χ3n) is 8.47. The monoisotopic (exact) mass is 561 g/mol. The predicted octanol–water partition coefficient (Wildman–Crippen LogP) is 6.56. The summed E-state index contributed by atoms with van der Waals surface area (Å²) < 4.78 is 19.8. The highest BCUT2D eigenvalue weighted by Crippen LogP contribution is 2.50. The Morgan fingerprint density at radius 1 is 0.690 bits per heavy atom. The van der Waals surface area contributed by atoms with E-state index in [1.807, 2.05) is 91.0 Å². The summed E-state index contributed by atoms with van der Waals surface area (Å²) >= 11 is 0. The zero-order valence-electron chi connectivity index (χ0n) is 22.8. The van der Waals surface area contributed by atoms with E-state index in [-0.39, 0.29) is 0 Å². The van der Waals surface area contributed by atoms with Gasteiger partial charge in [-0.3, -0.25) is 8.97 Å². The van der Waals surface area contributed by atoms with Crippen LogP contribution in [0.15, 0.2) is 115 Å². The van der Waals surface area contributed by atoms with Crippen molar-refractivity contribution in [1.29, 1.82) is 0 Å². The number of imidazole rings is 2. The summed E-state index contributed by atoms with van der Waals surface area (Å²) in [7, 11) is -3.19. The van der Waals surface area contributed by atoms with Crippen LogP contribution in [0.2, 0.25) is 0 Å². The molecule has 1 unspecified atom stereocenters. The molecule has 8 aromatic rings. The molecule has 0 aliphatic carbocycles. The van der Waals surface area contributed by atoms with E-state index in [1.54, 1.807) is 0 Å². The van der Waals surface area contributed by atoms with Gasteiger partial charge in [-0.1, -0.05) is 73.7 Å². The molecule has 42 heavy (non-hydrogen) atoms. The van der Waals surface area contributed by atoms with Crippen molar-refractivity contribution in [2.75, 3.05) is 0 Å². The Morgan fingerprint density at radius 3 is 2.29 bits per heavy atom. The largest absolute Gasteiger partial charge is 0.308 e. The van der Waals surface area contributed by atoms with E-state index in [9.17, 15) is 0 Å². The van der Waals surface area contributed by atoms with Gasteiger partial charge in [0.05, 0.1) is 27.8 Å². The number of hydrogen-bond acceptors (Lipinski definition) is 4. The second-order valence-electron chi connectivity index (χ2n) is 10.7. The second-order valence-corrected chi connectivity index (χ2v) is 13.4. The molecule has 7 heteroatoms. The molecule has 0 amide bonds. The van der Waals surface area contributed by atoms with Crippen LogP contribution in [0.4, 0.5) is 0 Å². The molecule has 0 saturated heterocycles. The molecule has 0 fully saturated rings. The Morgan fingerprint density at radius 2 is 1.43 bits per heavy atom. The molecule has 1 atom stereocenters. The van der Waals surface area contributed by atoms with Crippen LogP contribution in [0.1, 0.15) is 12.7 Å². The number of rotatable bonds is 3. The maximum atomic E-state index is 15.5. The predicted molar refractivity (Wildman–Crippen MR) is 170 cm³/mol. The summed E-state index contributed by atoms with van der Waals surface area (Å²) in [5, 5.41) is 3.47. The zero-order chi connectivity index (χ0) is 28.0. The van der Waals surface area contributed by atoms with E-state index in [0.29, 0.717) is 0 Å². The van der Waals surface area contributed by atoms with Gasteiger partial charge in [0.15, 0.2) is 7.14 Å². The lowest BCUT2D eigenvalue weighted by molar-refractivity contribution is 0.592. The van der Waals surface area contributed by atoms with Crippen LogP contribution >= 0.6 is 7.14 Å². The fourth-order valence-corrected chi connectivity index (χ4v) is 9.62. The standard InChI is InChI=1S/C35H24N5OP/c1-2-31-38-32-24(35-36-25-15-7-6-14-23(25)34-37-26-16-8-9-17-27(26)40(34)35)20-21-30-33(32)39(31)28-18-10-11-19-29(28)42(30,41)22-12-4-3-5-13-22/h3-21H,2H2,1H3. The van der Waals surface area contributed by atoms with Crippen LogP contribution < -0.4 is 15.9 Å². The van der Waals surface area contributed by atoms with Crippen LogP contribution in [-0.2, 0) is 11.0 Å². The Balaban J connectivity index is 1.46.